The first-order valence-corrected chi connectivity index (χ1v) is 16.0. The normalized spacial score (nSPS) is 15.5. The third-order valence-electron chi connectivity index (χ3n) is 5.95. The van der Waals surface area contributed by atoms with E-state index in [1.54, 1.807) is 30.3 Å². The molecule has 0 spiro atoms. The molecule has 0 saturated carbocycles. The standard InChI is InChI=1S/C29H30ClFN6O3S2/c1-3-34-25-9-7-20(26-18-41-28(36-26)16-37(33)11-12-42(2,38)39)14-23(25)29(32)35-22-8-10-27(24(30)15-22)40-17-19-5-4-6-21(31)13-19/h3-10,13-15,18,35H,1,11-12,16-17,32-33H2,2H3/b29-23+,34-25-. The zero-order chi connectivity index (χ0) is 30.3. The lowest BCUT2D eigenvalue weighted by molar-refractivity contribution is 0.291. The van der Waals surface area contributed by atoms with Crippen LogP contribution >= 0.6 is 22.9 Å². The third-order valence-corrected chi connectivity index (χ3v) is 8.00. The average molecular weight is 629 g/mol. The maximum Gasteiger partial charge on any atom is 0.148 e. The van der Waals surface area contributed by atoms with E-state index in [9.17, 15) is 12.8 Å². The molecule has 0 radical (unpaired) electrons. The maximum atomic E-state index is 13.4. The van der Waals surface area contributed by atoms with Crippen LogP contribution in [-0.4, -0.2) is 42.7 Å². The molecule has 0 saturated heterocycles. The Kier molecular flexibility index (Phi) is 10.3. The van der Waals surface area contributed by atoms with Crippen LogP contribution in [-0.2, 0) is 23.0 Å². The van der Waals surface area contributed by atoms with E-state index in [0.717, 1.165) is 10.6 Å². The quantitative estimate of drug-likeness (QED) is 0.187. The number of ether oxygens (including phenoxy) is 1. The molecule has 2 aromatic carbocycles. The molecule has 9 nitrogen and oxygen atoms in total. The van der Waals surface area contributed by atoms with Gasteiger partial charge in [-0.1, -0.05) is 36.4 Å². The summed E-state index contributed by atoms with van der Waals surface area (Å²) in [6, 6.07) is 11.3. The van der Waals surface area contributed by atoms with Gasteiger partial charge in [0.2, 0.25) is 0 Å². The van der Waals surface area contributed by atoms with Gasteiger partial charge in [0, 0.05) is 41.2 Å². The Hall–Kier alpha value is -3.81. The van der Waals surface area contributed by atoms with E-state index in [4.69, 9.17) is 27.9 Å². The lowest BCUT2D eigenvalue weighted by atomic mass is 9.98. The van der Waals surface area contributed by atoms with E-state index < -0.39 is 9.84 Å². The Morgan fingerprint density at radius 1 is 1.29 bits per heavy atom. The Balaban J connectivity index is 1.49. The van der Waals surface area contributed by atoms with E-state index in [1.165, 1.54) is 40.9 Å². The number of thiazole rings is 1. The van der Waals surface area contributed by atoms with Crippen LogP contribution in [0.3, 0.4) is 0 Å². The second kappa shape index (κ2) is 13.9. The summed E-state index contributed by atoms with van der Waals surface area (Å²) in [5.41, 5.74) is 10.5. The van der Waals surface area contributed by atoms with Crippen LogP contribution in [0.5, 0.6) is 5.75 Å². The van der Waals surface area contributed by atoms with Crippen LogP contribution in [0.4, 0.5) is 10.1 Å². The Morgan fingerprint density at radius 2 is 2.10 bits per heavy atom. The minimum absolute atomic E-state index is 0.0304. The van der Waals surface area contributed by atoms with Gasteiger partial charge in [0.25, 0.3) is 0 Å². The number of benzene rings is 2. The number of aromatic nitrogens is 1. The minimum Gasteiger partial charge on any atom is -0.487 e. The summed E-state index contributed by atoms with van der Waals surface area (Å²) in [6.07, 6.45) is 8.17. The first-order chi connectivity index (χ1) is 20.0. The molecule has 0 aliphatic heterocycles. The summed E-state index contributed by atoms with van der Waals surface area (Å²) < 4.78 is 42.0. The van der Waals surface area contributed by atoms with Crippen LogP contribution in [0.25, 0.3) is 5.57 Å². The van der Waals surface area contributed by atoms with Crippen molar-refractivity contribution in [2.24, 2.45) is 16.6 Å². The van der Waals surface area contributed by atoms with Crippen molar-refractivity contribution in [3.8, 4) is 5.75 Å². The molecule has 0 fully saturated rings. The van der Waals surface area contributed by atoms with Gasteiger partial charge < -0.3 is 15.8 Å². The Bertz CT molecular complexity index is 1700. The molecule has 0 atom stereocenters. The van der Waals surface area contributed by atoms with Crippen LogP contribution in [0, 0.1) is 5.82 Å². The van der Waals surface area contributed by atoms with Gasteiger partial charge >= 0.3 is 0 Å². The molecule has 42 heavy (non-hydrogen) atoms. The molecule has 1 aromatic heterocycles. The number of aliphatic imine (C=N–C) groups is 1. The fraction of sp³-hybridized carbons (Fsp3) is 0.172. The number of hydrazine groups is 1. The van der Waals surface area contributed by atoms with Crippen LogP contribution < -0.4 is 21.6 Å². The van der Waals surface area contributed by atoms with Crippen molar-refractivity contribution in [1.82, 2.24) is 9.99 Å². The van der Waals surface area contributed by atoms with Crippen molar-refractivity contribution < 1.29 is 17.5 Å². The molecule has 0 unspecified atom stereocenters. The van der Waals surface area contributed by atoms with Crippen LogP contribution in [0.2, 0.25) is 5.02 Å². The minimum atomic E-state index is -3.11. The number of nitrogens with one attached hydrogen (secondary N) is 1. The summed E-state index contributed by atoms with van der Waals surface area (Å²) in [7, 11) is -3.11. The number of nitrogens with two attached hydrogens (primary N) is 2. The number of halogens is 2. The molecule has 1 aliphatic carbocycles. The largest absolute Gasteiger partial charge is 0.487 e. The van der Waals surface area contributed by atoms with Gasteiger partial charge in [-0.3, -0.25) is 10.8 Å². The molecule has 0 amide bonds. The van der Waals surface area contributed by atoms with Gasteiger partial charge in [-0.15, -0.1) is 11.3 Å². The maximum absolute atomic E-state index is 13.4. The zero-order valence-electron chi connectivity index (χ0n) is 22.8. The summed E-state index contributed by atoms with van der Waals surface area (Å²) >= 11 is 7.88. The average Bonchev–Trinajstić information content (AvgIpc) is 3.40. The monoisotopic (exact) mass is 628 g/mol. The van der Waals surface area contributed by atoms with E-state index in [0.29, 0.717) is 51.4 Å². The summed E-state index contributed by atoms with van der Waals surface area (Å²) in [5, 5.41) is 7.59. The van der Waals surface area contributed by atoms with Crippen LogP contribution in [0.1, 0.15) is 16.3 Å². The number of nitrogens with zero attached hydrogens (tertiary/aromatic N) is 3. The van der Waals surface area contributed by atoms with Crippen molar-refractivity contribution in [2.45, 2.75) is 13.2 Å². The van der Waals surface area contributed by atoms with Crippen molar-refractivity contribution in [3.63, 3.8) is 0 Å². The number of hydrogen-bond donors (Lipinski definition) is 3. The first-order valence-electron chi connectivity index (χ1n) is 12.7. The molecule has 1 aliphatic rings. The van der Waals surface area contributed by atoms with Crippen molar-refractivity contribution in [1.29, 1.82) is 0 Å². The summed E-state index contributed by atoms with van der Waals surface area (Å²) in [4.78, 5) is 9.00. The number of anilines is 1. The van der Waals surface area contributed by atoms with E-state index in [2.05, 4.69) is 21.9 Å². The van der Waals surface area contributed by atoms with E-state index in [-0.39, 0.29) is 24.7 Å². The number of rotatable bonds is 12. The second-order valence-corrected chi connectivity index (χ2v) is 13.0. The van der Waals surface area contributed by atoms with E-state index >= 15 is 0 Å². The fourth-order valence-electron chi connectivity index (χ4n) is 3.88. The molecule has 5 N–H and O–H groups in total. The molecule has 1 heterocycles. The predicted molar refractivity (Wildman–Crippen MR) is 168 cm³/mol. The molecule has 13 heteroatoms. The second-order valence-electron chi connectivity index (χ2n) is 9.37. The smallest absolute Gasteiger partial charge is 0.148 e. The lowest BCUT2D eigenvalue weighted by Gasteiger charge is -2.16. The first kappa shape index (κ1) is 31.1. The molecule has 220 valence electrons. The molecular formula is C29H30ClFN6O3S2. The zero-order valence-corrected chi connectivity index (χ0v) is 25.1. The number of sulfone groups is 1. The van der Waals surface area contributed by atoms with Gasteiger partial charge in [0.15, 0.2) is 0 Å². The van der Waals surface area contributed by atoms with Gasteiger partial charge in [-0.2, -0.15) is 0 Å². The van der Waals surface area contributed by atoms with E-state index in [1.807, 2.05) is 23.6 Å². The highest BCUT2D eigenvalue weighted by Crippen LogP contribution is 2.30. The highest BCUT2D eigenvalue weighted by molar-refractivity contribution is 7.90. The number of allylic oxidation sites excluding steroid dienone is 5. The van der Waals surface area contributed by atoms with Crippen molar-refractivity contribution in [2.75, 3.05) is 23.9 Å². The van der Waals surface area contributed by atoms with Gasteiger partial charge in [0.1, 0.15) is 38.8 Å². The third kappa shape index (κ3) is 8.84. The van der Waals surface area contributed by atoms with Gasteiger partial charge in [0.05, 0.1) is 28.7 Å². The molecule has 4 rings (SSSR count). The fourth-order valence-corrected chi connectivity index (χ4v) is 5.51. The van der Waals surface area contributed by atoms with Crippen molar-refractivity contribution in [3.05, 3.63) is 117 Å². The SMILES string of the molecule is C=C/N=C1/C=CC(c2csc(CN(N)CCS(C)(=O)=O)n2)=C/C1=C(/N)Nc1ccc(OCc2cccc(F)c2)c(Cl)c1. The summed E-state index contributed by atoms with van der Waals surface area (Å²) in [5.74, 6) is 6.38. The lowest BCUT2D eigenvalue weighted by Crippen LogP contribution is -2.34. The molecule has 0 bridgehead atoms. The van der Waals surface area contributed by atoms with Gasteiger partial charge in [-0.25, -0.2) is 22.8 Å². The van der Waals surface area contributed by atoms with Gasteiger partial charge in [-0.05, 0) is 48.0 Å². The highest BCUT2D eigenvalue weighted by Gasteiger charge is 2.17. The number of hydrogen-bond acceptors (Lipinski definition) is 10. The van der Waals surface area contributed by atoms with Crippen LogP contribution in [0.15, 0.2) is 95.2 Å². The Morgan fingerprint density at radius 3 is 2.81 bits per heavy atom. The summed E-state index contributed by atoms with van der Waals surface area (Å²) in [6.45, 7) is 4.38. The van der Waals surface area contributed by atoms with Crippen molar-refractivity contribution >= 4 is 49.7 Å². The predicted octanol–water partition coefficient (Wildman–Crippen LogP) is 5.06. The highest BCUT2D eigenvalue weighted by atomic mass is 35.5. The molecular weight excluding hydrogens is 599 g/mol. The molecule has 3 aromatic rings. The Labute approximate surface area is 253 Å². The topological polar surface area (TPSA) is 136 Å².